The summed E-state index contributed by atoms with van der Waals surface area (Å²) in [7, 11) is 4.61. The van der Waals surface area contributed by atoms with E-state index in [1.54, 1.807) is 12.1 Å². The summed E-state index contributed by atoms with van der Waals surface area (Å²) in [5, 5.41) is 23.1. The Morgan fingerprint density at radius 2 is 1.72 bits per heavy atom. The maximum Gasteiger partial charge on any atom is 0.270 e. The van der Waals surface area contributed by atoms with Gasteiger partial charge in [0.25, 0.3) is 5.69 Å². The van der Waals surface area contributed by atoms with Crippen LogP contribution >= 0.6 is 0 Å². The fraction of sp³-hybridized carbons (Fsp3) is 0.235. The van der Waals surface area contributed by atoms with Gasteiger partial charge in [0.15, 0.2) is 11.5 Å². The minimum Gasteiger partial charge on any atom is -0.496 e. The van der Waals surface area contributed by atoms with E-state index in [4.69, 9.17) is 14.2 Å². The molecular weight excluding hydrogens is 326 g/mol. The van der Waals surface area contributed by atoms with Crippen molar-refractivity contribution in [1.82, 2.24) is 0 Å². The van der Waals surface area contributed by atoms with Crippen molar-refractivity contribution in [2.45, 2.75) is 6.54 Å². The van der Waals surface area contributed by atoms with Gasteiger partial charge in [-0.15, -0.1) is 0 Å². The van der Waals surface area contributed by atoms with Crippen LogP contribution in [0, 0.1) is 21.4 Å². The molecule has 2 aromatic carbocycles. The molecule has 0 atom stereocenters. The number of nitrogens with one attached hydrogen (secondary N) is 1. The molecule has 0 spiro atoms. The molecule has 0 bridgehead atoms. The molecule has 0 saturated heterocycles. The van der Waals surface area contributed by atoms with Crippen molar-refractivity contribution in [3.8, 4) is 23.3 Å². The van der Waals surface area contributed by atoms with Crippen LogP contribution in [0.3, 0.4) is 0 Å². The Bertz CT molecular complexity index is 830. The van der Waals surface area contributed by atoms with Crippen LogP contribution in [0.25, 0.3) is 0 Å². The summed E-state index contributed by atoms with van der Waals surface area (Å²) >= 11 is 0. The summed E-state index contributed by atoms with van der Waals surface area (Å²) in [5.74, 6) is 1.67. The smallest absolute Gasteiger partial charge is 0.270 e. The fourth-order valence-electron chi connectivity index (χ4n) is 2.31. The average molecular weight is 343 g/mol. The molecule has 25 heavy (non-hydrogen) atoms. The predicted octanol–water partition coefficient (Wildman–Crippen LogP) is 3.10. The van der Waals surface area contributed by atoms with E-state index >= 15 is 0 Å². The first-order valence-corrected chi connectivity index (χ1v) is 7.25. The van der Waals surface area contributed by atoms with E-state index in [9.17, 15) is 15.4 Å². The molecule has 2 aromatic rings. The third-order valence-electron chi connectivity index (χ3n) is 3.59. The van der Waals surface area contributed by atoms with Gasteiger partial charge in [0.2, 0.25) is 0 Å². The van der Waals surface area contributed by atoms with Gasteiger partial charge in [0.1, 0.15) is 11.8 Å². The number of hydrogen-bond acceptors (Lipinski definition) is 7. The lowest BCUT2D eigenvalue weighted by Crippen LogP contribution is -2.05. The van der Waals surface area contributed by atoms with Crippen LogP contribution in [0.1, 0.15) is 11.1 Å². The zero-order valence-electron chi connectivity index (χ0n) is 14.0. The van der Waals surface area contributed by atoms with E-state index in [2.05, 4.69) is 5.32 Å². The number of non-ortho nitro benzene ring substituents is 1. The fourth-order valence-corrected chi connectivity index (χ4v) is 2.31. The van der Waals surface area contributed by atoms with Crippen molar-refractivity contribution in [2.24, 2.45) is 0 Å². The van der Waals surface area contributed by atoms with Crippen molar-refractivity contribution >= 4 is 11.4 Å². The van der Waals surface area contributed by atoms with Crippen LogP contribution in [0.2, 0.25) is 0 Å². The number of nitro groups is 1. The lowest BCUT2D eigenvalue weighted by Gasteiger charge is -2.15. The molecule has 0 saturated carbocycles. The maximum absolute atomic E-state index is 10.8. The third kappa shape index (κ3) is 3.90. The van der Waals surface area contributed by atoms with Crippen molar-refractivity contribution in [3.05, 3.63) is 51.6 Å². The first kappa shape index (κ1) is 17.9. The Hall–Kier alpha value is -3.47. The monoisotopic (exact) mass is 343 g/mol. The summed E-state index contributed by atoms with van der Waals surface area (Å²) in [6, 6.07) is 9.50. The van der Waals surface area contributed by atoms with Crippen LogP contribution in [0.4, 0.5) is 11.4 Å². The molecule has 0 amide bonds. The maximum atomic E-state index is 10.8. The summed E-state index contributed by atoms with van der Waals surface area (Å²) in [6.45, 7) is 0.329. The molecule has 0 aromatic heterocycles. The Morgan fingerprint density at radius 1 is 1.08 bits per heavy atom. The molecule has 0 aliphatic heterocycles. The van der Waals surface area contributed by atoms with Gasteiger partial charge in [-0.2, -0.15) is 5.26 Å². The number of benzene rings is 2. The first-order valence-electron chi connectivity index (χ1n) is 7.25. The number of hydrogen-bond donors (Lipinski definition) is 1. The third-order valence-corrected chi connectivity index (χ3v) is 3.59. The SMILES string of the molecule is COc1cc(OC)c(OC)cc1CNc1ccc([N+](=O)[O-])cc1C#N. The van der Waals surface area contributed by atoms with Crippen molar-refractivity contribution < 1.29 is 19.1 Å². The topological polar surface area (TPSA) is 107 Å². The zero-order chi connectivity index (χ0) is 18.4. The molecule has 2 rings (SSSR count). The molecule has 0 fully saturated rings. The standard InChI is InChI=1S/C17H17N3O5/c1-23-15-8-17(25-3)16(24-2)7-12(15)10-19-14-5-4-13(20(21)22)6-11(14)9-18/h4-8,19H,10H2,1-3H3. The highest BCUT2D eigenvalue weighted by atomic mass is 16.6. The van der Waals surface area contributed by atoms with E-state index in [-0.39, 0.29) is 11.3 Å². The van der Waals surface area contributed by atoms with Gasteiger partial charge in [-0.3, -0.25) is 10.1 Å². The van der Waals surface area contributed by atoms with Crippen LogP contribution in [0.15, 0.2) is 30.3 Å². The molecule has 1 N–H and O–H groups in total. The highest BCUT2D eigenvalue weighted by Crippen LogP contribution is 2.35. The van der Waals surface area contributed by atoms with E-state index in [1.807, 2.05) is 6.07 Å². The van der Waals surface area contributed by atoms with Crippen LogP contribution in [0.5, 0.6) is 17.2 Å². The second kappa shape index (κ2) is 7.88. The summed E-state index contributed by atoms with van der Waals surface area (Å²) in [6.07, 6.45) is 0. The van der Waals surface area contributed by atoms with Gasteiger partial charge in [0, 0.05) is 30.3 Å². The van der Waals surface area contributed by atoms with E-state index in [0.29, 0.717) is 29.5 Å². The predicted molar refractivity (Wildman–Crippen MR) is 91.2 cm³/mol. The minimum absolute atomic E-state index is 0.134. The molecule has 0 unspecified atom stereocenters. The molecule has 0 heterocycles. The Kier molecular flexibility index (Phi) is 5.63. The highest BCUT2D eigenvalue weighted by Gasteiger charge is 2.14. The normalized spacial score (nSPS) is 9.84. The van der Waals surface area contributed by atoms with Gasteiger partial charge in [-0.1, -0.05) is 0 Å². The van der Waals surface area contributed by atoms with Crippen LogP contribution in [-0.2, 0) is 6.54 Å². The minimum atomic E-state index is -0.540. The number of nitro benzene ring substituents is 1. The molecule has 0 radical (unpaired) electrons. The number of anilines is 1. The number of nitrogens with zero attached hydrogens (tertiary/aromatic N) is 2. The second-order valence-electron chi connectivity index (χ2n) is 4.97. The van der Waals surface area contributed by atoms with Crippen molar-refractivity contribution in [2.75, 3.05) is 26.6 Å². The quantitative estimate of drug-likeness (QED) is 0.608. The summed E-state index contributed by atoms with van der Waals surface area (Å²) in [5.41, 5.74) is 1.33. The van der Waals surface area contributed by atoms with Gasteiger partial charge < -0.3 is 19.5 Å². The number of methoxy groups -OCH3 is 3. The Morgan fingerprint density at radius 3 is 2.28 bits per heavy atom. The van der Waals surface area contributed by atoms with Gasteiger partial charge in [0.05, 0.1) is 37.5 Å². The number of nitriles is 1. The Labute approximate surface area is 144 Å². The lowest BCUT2D eigenvalue weighted by atomic mass is 10.1. The Balaban J connectivity index is 2.29. The van der Waals surface area contributed by atoms with Gasteiger partial charge >= 0.3 is 0 Å². The molecular formula is C17H17N3O5. The largest absolute Gasteiger partial charge is 0.496 e. The lowest BCUT2D eigenvalue weighted by molar-refractivity contribution is -0.384. The first-order chi connectivity index (χ1) is 12.0. The van der Waals surface area contributed by atoms with Gasteiger partial charge in [-0.25, -0.2) is 0 Å². The highest BCUT2D eigenvalue weighted by molar-refractivity contribution is 5.62. The van der Waals surface area contributed by atoms with Crippen molar-refractivity contribution in [1.29, 1.82) is 5.26 Å². The van der Waals surface area contributed by atoms with E-state index in [1.165, 1.54) is 39.5 Å². The molecule has 8 nitrogen and oxygen atoms in total. The number of rotatable bonds is 7. The van der Waals surface area contributed by atoms with E-state index in [0.717, 1.165) is 5.56 Å². The second-order valence-corrected chi connectivity index (χ2v) is 4.97. The summed E-state index contributed by atoms with van der Waals surface area (Å²) in [4.78, 5) is 10.3. The molecule has 8 heteroatoms. The van der Waals surface area contributed by atoms with Crippen LogP contribution < -0.4 is 19.5 Å². The average Bonchev–Trinajstić information content (AvgIpc) is 2.65. The molecule has 0 aliphatic rings. The van der Waals surface area contributed by atoms with Crippen LogP contribution in [-0.4, -0.2) is 26.3 Å². The number of ether oxygens (including phenoxy) is 3. The van der Waals surface area contributed by atoms with E-state index < -0.39 is 4.92 Å². The zero-order valence-corrected chi connectivity index (χ0v) is 14.0. The molecule has 130 valence electrons. The van der Waals surface area contributed by atoms with Gasteiger partial charge in [-0.05, 0) is 12.1 Å². The van der Waals surface area contributed by atoms with Crippen molar-refractivity contribution in [3.63, 3.8) is 0 Å². The summed E-state index contributed by atoms with van der Waals surface area (Å²) < 4.78 is 15.9. The molecule has 0 aliphatic carbocycles.